The van der Waals surface area contributed by atoms with Gasteiger partial charge in [-0.15, -0.1) is 0 Å². The molecule has 2 nitrogen and oxygen atoms in total. The molecule has 3 heteroatoms. The van der Waals surface area contributed by atoms with Crippen LogP contribution in [0.1, 0.15) is 11.6 Å². The van der Waals surface area contributed by atoms with E-state index in [9.17, 15) is 4.39 Å². The first kappa shape index (κ1) is 8.66. The standard InChI is InChI=1S/C10H12FNO/c11-9-4-2-1-3-8(9)10-7(6-13)5-12-10/h1-4,7,10,12-13H,5-6H2. The van der Waals surface area contributed by atoms with Crippen molar-refractivity contribution in [2.75, 3.05) is 13.2 Å². The summed E-state index contributed by atoms with van der Waals surface area (Å²) in [5.41, 5.74) is 0.660. The molecule has 1 heterocycles. The molecular weight excluding hydrogens is 169 g/mol. The number of aliphatic hydroxyl groups is 1. The lowest BCUT2D eigenvalue weighted by Gasteiger charge is -2.37. The lowest BCUT2D eigenvalue weighted by atomic mass is 9.86. The highest BCUT2D eigenvalue weighted by molar-refractivity contribution is 5.24. The minimum atomic E-state index is -0.196. The Bertz CT molecular complexity index is 301. The minimum Gasteiger partial charge on any atom is -0.396 e. The number of hydrogen-bond acceptors (Lipinski definition) is 2. The van der Waals surface area contributed by atoms with Crippen LogP contribution in [0.3, 0.4) is 0 Å². The normalized spacial score (nSPS) is 26.9. The van der Waals surface area contributed by atoms with Crippen molar-refractivity contribution in [1.82, 2.24) is 5.32 Å². The molecular formula is C10H12FNO. The lowest BCUT2D eigenvalue weighted by Crippen LogP contribution is -2.47. The van der Waals surface area contributed by atoms with Crippen LogP contribution in [-0.4, -0.2) is 18.3 Å². The van der Waals surface area contributed by atoms with Crippen molar-refractivity contribution >= 4 is 0 Å². The fourth-order valence-corrected chi connectivity index (χ4v) is 1.66. The van der Waals surface area contributed by atoms with Gasteiger partial charge in [0.25, 0.3) is 0 Å². The third kappa shape index (κ3) is 1.45. The van der Waals surface area contributed by atoms with Crippen LogP contribution < -0.4 is 5.32 Å². The van der Waals surface area contributed by atoms with Crippen molar-refractivity contribution < 1.29 is 9.50 Å². The van der Waals surface area contributed by atoms with Crippen LogP contribution in [0.5, 0.6) is 0 Å². The molecule has 0 radical (unpaired) electrons. The second-order valence-corrected chi connectivity index (χ2v) is 3.35. The van der Waals surface area contributed by atoms with Gasteiger partial charge in [0.1, 0.15) is 5.82 Å². The van der Waals surface area contributed by atoms with Gasteiger partial charge >= 0.3 is 0 Å². The van der Waals surface area contributed by atoms with Crippen LogP contribution in [0.2, 0.25) is 0 Å². The van der Waals surface area contributed by atoms with E-state index < -0.39 is 0 Å². The Labute approximate surface area is 76.4 Å². The van der Waals surface area contributed by atoms with E-state index in [0.29, 0.717) is 5.56 Å². The molecule has 1 aliphatic heterocycles. The van der Waals surface area contributed by atoms with E-state index in [1.807, 2.05) is 6.07 Å². The predicted octanol–water partition coefficient (Wildman–Crippen LogP) is 1.08. The molecule has 0 bridgehead atoms. The Kier molecular flexibility index (Phi) is 2.29. The largest absolute Gasteiger partial charge is 0.396 e. The van der Waals surface area contributed by atoms with Gasteiger partial charge in [-0.3, -0.25) is 0 Å². The highest BCUT2D eigenvalue weighted by atomic mass is 19.1. The first-order valence-electron chi connectivity index (χ1n) is 4.41. The highest BCUT2D eigenvalue weighted by Crippen LogP contribution is 2.30. The Morgan fingerprint density at radius 2 is 2.23 bits per heavy atom. The molecule has 1 aromatic carbocycles. The maximum absolute atomic E-state index is 13.2. The first-order valence-corrected chi connectivity index (χ1v) is 4.41. The number of benzene rings is 1. The Morgan fingerprint density at radius 1 is 1.46 bits per heavy atom. The molecule has 0 aromatic heterocycles. The molecule has 13 heavy (non-hydrogen) atoms. The SMILES string of the molecule is OCC1CNC1c1ccccc1F. The van der Waals surface area contributed by atoms with Gasteiger partial charge in [-0.25, -0.2) is 4.39 Å². The van der Waals surface area contributed by atoms with Gasteiger partial charge in [0.2, 0.25) is 0 Å². The summed E-state index contributed by atoms with van der Waals surface area (Å²) < 4.78 is 13.2. The van der Waals surface area contributed by atoms with Gasteiger partial charge in [0.05, 0.1) is 0 Å². The van der Waals surface area contributed by atoms with Crippen molar-refractivity contribution in [3.8, 4) is 0 Å². The van der Waals surface area contributed by atoms with E-state index in [1.165, 1.54) is 6.07 Å². The molecule has 2 N–H and O–H groups in total. The van der Waals surface area contributed by atoms with E-state index in [4.69, 9.17) is 5.11 Å². The molecule has 0 amide bonds. The van der Waals surface area contributed by atoms with E-state index in [1.54, 1.807) is 12.1 Å². The average molecular weight is 181 g/mol. The second-order valence-electron chi connectivity index (χ2n) is 3.35. The number of hydrogen-bond donors (Lipinski definition) is 2. The summed E-state index contributed by atoms with van der Waals surface area (Å²) in [5, 5.41) is 12.0. The summed E-state index contributed by atoms with van der Waals surface area (Å²) in [6, 6.07) is 6.68. The number of halogens is 1. The van der Waals surface area contributed by atoms with Gasteiger partial charge in [0, 0.05) is 30.7 Å². The van der Waals surface area contributed by atoms with Crippen molar-refractivity contribution in [3.05, 3.63) is 35.6 Å². The second kappa shape index (κ2) is 3.44. The highest BCUT2D eigenvalue weighted by Gasteiger charge is 2.32. The predicted molar refractivity (Wildman–Crippen MR) is 47.7 cm³/mol. The number of aliphatic hydroxyl groups excluding tert-OH is 1. The van der Waals surface area contributed by atoms with Crippen LogP contribution in [0.15, 0.2) is 24.3 Å². The monoisotopic (exact) mass is 181 g/mol. The molecule has 0 saturated carbocycles. The molecule has 2 rings (SSSR count). The van der Waals surface area contributed by atoms with E-state index in [2.05, 4.69) is 5.32 Å². The van der Waals surface area contributed by atoms with E-state index in [-0.39, 0.29) is 24.4 Å². The Morgan fingerprint density at radius 3 is 2.77 bits per heavy atom. The maximum Gasteiger partial charge on any atom is 0.127 e. The molecule has 1 aliphatic rings. The van der Waals surface area contributed by atoms with Crippen LogP contribution in [-0.2, 0) is 0 Å². The molecule has 1 fully saturated rings. The van der Waals surface area contributed by atoms with Gasteiger partial charge in [-0.1, -0.05) is 18.2 Å². The summed E-state index contributed by atoms with van der Waals surface area (Å²) in [6.45, 7) is 0.890. The smallest absolute Gasteiger partial charge is 0.127 e. The number of nitrogens with one attached hydrogen (secondary N) is 1. The molecule has 2 unspecified atom stereocenters. The van der Waals surface area contributed by atoms with E-state index >= 15 is 0 Å². The summed E-state index contributed by atoms with van der Waals surface area (Å²) in [6.07, 6.45) is 0. The van der Waals surface area contributed by atoms with Gasteiger partial charge in [-0.2, -0.15) is 0 Å². The van der Waals surface area contributed by atoms with E-state index in [0.717, 1.165) is 6.54 Å². The summed E-state index contributed by atoms with van der Waals surface area (Å²) in [5.74, 6) is -0.0324. The zero-order valence-corrected chi connectivity index (χ0v) is 7.20. The third-order valence-corrected chi connectivity index (χ3v) is 2.55. The Balaban J connectivity index is 2.21. The van der Waals surface area contributed by atoms with Crippen LogP contribution in [0.4, 0.5) is 4.39 Å². The average Bonchev–Trinajstić information content (AvgIpc) is 2.08. The maximum atomic E-state index is 13.2. The van der Waals surface area contributed by atoms with Crippen LogP contribution >= 0.6 is 0 Å². The fourth-order valence-electron chi connectivity index (χ4n) is 1.66. The van der Waals surface area contributed by atoms with Crippen LogP contribution in [0.25, 0.3) is 0 Å². The van der Waals surface area contributed by atoms with Crippen molar-refractivity contribution in [2.24, 2.45) is 5.92 Å². The zero-order chi connectivity index (χ0) is 9.26. The van der Waals surface area contributed by atoms with Gasteiger partial charge < -0.3 is 10.4 Å². The fraction of sp³-hybridized carbons (Fsp3) is 0.400. The van der Waals surface area contributed by atoms with Crippen molar-refractivity contribution in [3.63, 3.8) is 0 Å². The topological polar surface area (TPSA) is 32.3 Å². The van der Waals surface area contributed by atoms with Gasteiger partial charge in [-0.05, 0) is 6.07 Å². The summed E-state index contributed by atoms with van der Waals surface area (Å²) in [7, 11) is 0. The van der Waals surface area contributed by atoms with Crippen molar-refractivity contribution in [1.29, 1.82) is 0 Å². The van der Waals surface area contributed by atoms with Gasteiger partial charge in [0.15, 0.2) is 0 Å². The summed E-state index contributed by atoms with van der Waals surface area (Å²) in [4.78, 5) is 0. The van der Waals surface area contributed by atoms with Crippen molar-refractivity contribution in [2.45, 2.75) is 6.04 Å². The molecule has 70 valence electrons. The molecule has 1 aromatic rings. The molecule has 0 aliphatic carbocycles. The zero-order valence-electron chi connectivity index (χ0n) is 7.20. The summed E-state index contributed by atoms with van der Waals surface area (Å²) >= 11 is 0. The number of rotatable bonds is 2. The van der Waals surface area contributed by atoms with Crippen LogP contribution in [0, 0.1) is 11.7 Å². The molecule has 2 atom stereocenters. The third-order valence-electron chi connectivity index (χ3n) is 2.55. The quantitative estimate of drug-likeness (QED) is 0.715. The minimum absolute atomic E-state index is 0.00815. The molecule has 1 saturated heterocycles. The Hall–Kier alpha value is -0.930. The lowest BCUT2D eigenvalue weighted by molar-refractivity contribution is 0.126. The molecule has 0 spiro atoms. The first-order chi connectivity index (χ1) is 6.33.